The van der Waals surface area contributed by atoms with Gasteiger partial charge in [-0.25, -0.2) is 9.67 Å². The molecule has 24 heavy (non-hydrogen) atoms. The Labute approximate surface area is 147 Å². The van der Waals surface area contributed by atoms with Crippen molar-refractivity contribution in [3.05, 3.63) is 59.2 Å². The number of pyridine rings is 1. The second kappa shape index (κ2) is 7.89. The van der Waals surface area contributed by atoms with Crippen LogP contribution in [0.15, 0.2) is 53.8 Å². The summed E-state index contributed by atoms with van der Waals surface area (Å²) < 4.78 is 1.66. The Morgan fingerprint density at radius 2 is 2.04 bits per heavy atom. The van der Waals surface area contributed by atoms with Crippen molar-refractivity contribution in [3.63, 3.8) is 0 Å². The molecule has 1 N–H and O–H groups in total. The van der Waals surface area contributed by atoms with Crippen LogP contribution in [0.4, 0.5) is 5.82 Å². The molecule has 2 heterocycles. The molecule has 2 aromatic heterocycles. The van der Waals surface area contributed by atoms with E-state index < -0.39 is 0 Å². The fraction of sp³-hybridized carbons (Fsp3) is 0.133. The fourth-order valence-corrected chi connectivity index (χ4v) is 2.70. The van der Waals surface area contributed by atoms with Crippen LogP contribution in [0.5, 0.6) is 0 Å². The fourth-order valence-electron chi connectivity index (χ4n) is 1.91. The highest BCUT2D eigenvalue weighted by Gasteiger charge is 2.11. The molecule has 0 saturated heterocycles. The lowest BCUT2D eigenvalue weighted by Gasteiger charge is -2.05. The van der Waals surface area contributed by atoms with Crippen LogP contribution < -0.4 is 5.32 Å². The molecule has 0 aliphatic heterocycles. The average molecular weight is 361 g/mol. The van der Waals surface area contributed by atoms with Gasteiger partial charge in [0.25, 0.3) is 0 Å². The summed E-state index contributed by atoms with van der Waals surface area (Å²) in [5, 5.41) is 15.4. The number of anilines is 1. The minimum absolute atomic E-state index is 0.180. The van der Waals surface area contributed by atoms with Gasteiger partial charge in [0.15, 0.2) is 0 Å². The molecule has 122 valence electrons. The van der Waals surface area contributed by atoms with Crippen LogP contribution in [0.3, 0.4) is 0 Å². The van der Waals surface area contributed by atoms with E-state index in [0.717, 1.165) is 5.56 Å². The van der Waals surface area contributed by atoms with Gasteiger partial charge in [0.05, 0.1) is 17.3 Å². The van der Waals surface area contributed by atoms with Crippen molar-refractivity contribution >= 4 is 35.1 Å². The first kappa shape index (κ1) is 16.4. The zero-order valence-corrected chi connectivity index (χ0v) is 14.0. The maximum absolute atomic E-state index is 12.0. The quantitative estimate of drug-likeness (QED) is 0.680. The molecule has 0 aliphatic carbocycles. The van der Waals surface area contributed by atoms with E-state index in [1.165, 1.54) is 18.0 Å². The van der Waals surface area contributed by atoms with Crippen LogP contribution in [0.1, 0.15) is 5.56 Å². The van der Waals surface area contributed by atoms with E-state index >= 15 is 0 Å². The Morgan fingerprint density at radius 1 is 1.21 bits per heavy atom. The molecule has 0 bridgehead atoms. The van der Waals surface area contributed by atoms with Crippen molar-refractivity contribution in [1.82, 2.24) is 25.2 Å². The number of tetrazole rings is 1. The van der Waals surface area contributed by atoms with Crippen LogP contribution in [-0.4, -0.2) is 36.9 Å². The first-order valence-electron chi connectivity index (χ1n) is 7.05. The SMILES string of the molecule is O=C(CSc1nnnn1Cc1ccccc1)Nc1ccc(Cl)cn1. The number of hydrogen-bond donors (Lipinski definition) is 1. The summed E-state index contributed by atoms with van der Waals surface area (Å²) in [7, 11) is 0. The zero-order valence-electron chi connectivity index (χ0n) is 12.5. The van der Waals surface area contributed by atoms with Gasteiger partial charge < -0.3 is 5.32 Å². The van der Waals surface area contributed by atoms with E-state index in [9.17, 15) is 4.79 Å². The van der Waals surface area contributed by atoms with Crippen molar-refractivity contribution in [2.45, 2.75) is 11.7 Å². The minimum Gasteiger partial charge on any atom is -0.310 e. The van der Waals surface area contributed by atoms with Crippen LogP contribution in [-0.2, 0) is 11.3 Å². The molecule has 3 aromatic rings. The monoisotopic (exact) mass is 360 g/mol. The zero-order chi connectivity index (χ0) is 16.8. The number of amides is 1. The standard InChI is InChI=1S/C15H13ClN6OS/c16-12-6-7-13(17-8-12)18-14(23)10-24-15-19-20-21-22(15)9-11-4-2-1-3-5-11/h1-8H,9-10H2,(H,17,18,23). The largest absolute Gasteiger partial charge is 0.310 e. The number of rotatable bonds is 6. The first-order valence-corrected chi connectivity index (χ1v) is 8.41. The molecule has 0 spiro atoms. The van der Waals surface area contributed by atoms with Crippen LogP contribution in [0, 0.1) is 0 Å². The van der Waals surface area contributed by atoms with Gasteiger partial charge in [-0.1, -0.05) is 53.7 Å². The number of carbonyl (C=O) groups is 1. The maximum atomic E-state index is 12.0. The first-order chi connectivity index (χ1) is 11.7. The molecular weight excluding hydrogens is 348 g/mol. The molecule has 0 atom stereocenters. The third kappa shape index (κ3) is 4.53. The van der Waals surface area contributed by atoms with E-state index in [-0.39, 0.29) is 11.7 Å². The molecule has 1 amide bonds. The summed E-state index contributed by atoms with van der Waals surface area (Å²) >= 11 is 7.02. The number of halogens is 1. The summed E-state index contributed by atoms with van der Waals surface area (Å²) in [6.45, 7) is 0.552. The lowest BCUT2D eigenvalue weighted by molar-refractivity contribution is -0.113. The highest BCUT2D eigenvalue weighted by atomic mass is 35.5. The van der Waals surface area contributed by atoms with Crippen molar-refractivity contribution in [2.24, 2.45) is 0 Å². The number of hydrogen-bond acceptors (Lipinski definition) is 6. The Kier molecular flexibility index (Phi) is 5.39. The van der Waals surface area contributed by atoms with E-state index in [4.69, 9.17) is 11.6 Å². The van der Waals surface area contributed by atoms with Crippen LogP contribution in [0.25, 0.3) is 0 Å². The molecule has 0 radical (unpaired) electrons. The second-order valence-electron chi connectivity index (χ2n) is 4.80. The molecule has 0 aliphatic rings. The number of aromatic nitrogens is 5. The van der Waals surface area contributed by atoms with E-state index in [1.807, 2.05) is 30.3 Å². The molecular formula is C15H13ClN6OS. The maximum Gasteiger partial charge on any atom is 0.236 e. The summed E-state index contributed by atoms with van der Waals surface area (Å²) in [6.07, 6.45) is 1.48. The van der Waals surface area contributed by atoms with Gasteiger partial charge in [0.1, 0.15) is 5.82 Å². The Morgan fingerprint density at radius 3 is 2.79 bits per heavy atom. The summed E-state index contributed by atoms with van der Waals surface area (Å²) in [5.74, 6) is 0.442. The van der Waals surface area contributed by atoms with Gasteiger partial charge in [-0.05, 0) is 28.1 Å². The van der Waals surface area contributed by atoms with Gasteiger partial charge >= 0.3 is 0 Å². The molecule has 7 nitrogen and oxygen atoms in total. The average Bonchev–Trinajstić information content (AvgIpc) is 3.03. The Bertz CT molecular complexity index is 808. The Balaban J connectivity index is 1.56. The molecule has 3 rings (SSSR count). The van der Waals surface area contributed by atoms with E-state index in [2.05, 4.69) is 25.8 Å². The normalized spacial score (nSPS) is 10.5. The predicted molar refractivity (Wildman–Crippen MR) is 92.0 cm³/mol. The summed E-state index contributed by atoms with van der Waals surface area (Å²) in [6, 6.07) is 13.2. The lowest BCUT2D eigenvalue weighted by Crippen LogP contribution is -2.15. The third-order valence-corrected chi connectivity index (χ3v) is 4.18. The van der Waals surface area contributed by atoms with Gasteiger partial charge in [-0.15, -0.1) is 5.10 Å². The second-order valence-corrected chi connectivity index (χ2v) is 6.18. The van der Waals surface area contributed by atoms with Crippen LogP contribution in [0.2, 0.25) is 5.02 Å². The van der Waals surface area contributed by atoms with E-state index in [1.54, 1.807) is 16.8 Å². The number of thioether (sulfide) groups is 1. The Hall–Kier alpha value is -2.45. The molecule has 0 fully saturated rings. The minimum atomic E-state index is -0.191. The molecule has 9 heteroatoms. The number of nitrogens with one attached hydrogen (secondary N) is 1. The van der Waals surface area contributed by atoms with Crippen LogP contribution >= 0.6 is 23.4 Å². The molecule has 0 saturated carbocycles. The van der Waals surface area contributed by atoms with E-state index in [0.29, 0.717) is 22.5 Å². The smallest absolute Gasteiger partial charge is 0.236 e. The van der Waals surface area contributed by atoms with Crippen molar-refractivity contribution < 1.29 is 4.79 Å². The highest BCUT2D eigenvalue weighted by molar-refractivity contribution is 7.99. The lowest BCUT2D eigenvalue weighted by atomic mass is 10.2. The van der Waals surface area contributed by atoms with Crippen molar-refractivity contribution in [1.29, 1.82) is 0 Å². The summed E-state index contributed by atoms with van der Waals surface area (Å²) in [4.78, 5) is 16.0. The van der Waals surface area contributed by atoms with Crippen molar-refractivity contribution in [3.8, 4) is 0 Å². The van der Waals surface area contributed by atoms with Gasteiger partial charge in [-0.2, -0.15) is 0 Å². The highest BCUT2D eigenvalue weighted by Crippen LogP contribution is 2.16. The number of nitrogens with zero attached hydrogens (tertiary/aromatic N) is 5. The van der Waals surface area contributed by atoms with Gasteiger partial charge in [-0.3, -0.25) is 4.79 Å². The summed E-state index contributed by atoms with van der Waals surface area (Å²) in [5.41, 5.74) is 1.08. The molecule has 0 unspecified atom stereocenters. The number of benzene rings is 1. The predicted octanol–water partition coefficient (Wildman–Crippen LogP) is 2.50. The number of carbonyl (C=O) groups excluding carboxylic acids is 1. The van der Waals surface area contributed by atoms with Gasteiger partial charge in [0, 0.05) is 6.20 Å². The van der Waals surface area contributed by atoms with Crippen molar-refractivity contribution in [2.75, 3.05) is 11.1 Å². The third-order valence-electron chi connectivity index (χ3n) is 3.00. The molecule has 1 aromatic carbocycles. The topological polar surface area (TPSA) is 85.6 Å². The van der Waals surface area contributed by atoms with Gasteiger partial charge in [0.2, 0.25) is 11.1 Å².